The lowest BCUT2D eigenvalue weighted by atomic mass is 9.89. The number of morpholine rings is 1. The highest BCUT2D eigenvalue weighted by atomic mass is 32.2. The fourth-order valence-electron chi connectivity index (χ4n) is 5.24. The van der Waals surface area contributed by atoms with Gasteiger partial charge in [0.1, 0.15) is 12.7 Å². The highest BCUT2D eigenvalue weighted by Crippen LogP contribution is 2.39. The van der Waals surface area contributed by atoms with Gasteiger partial charge in [-0.1, -0.05) is 19.1 Å². The summed E-state index contributed by atoms with van der Waals surface area (Å²) in [5, 5.41) is 11.0. The molecule has 3 N–H and O–H groups in total. The molecular formula is C27H31F4N3O5S. The van der Waals surface area contributed by atoms with Crippen molar-refractivity contribution in [2.24, 2.45) is 5.73 Å². The van der Waals surface area contributed by atoms with Crippen molar-refractivity contribution in [1.29, 1.82) is 0 Å². The van der Waals surface area contributed by atoms with Crippen molar-refractivity contribution in [1.82, 2.24) is 9.47 Å². The lowest BCUT2D eigenvalue weighted by Gasteiger charge is -2.37. The molecule has 1 amide bonds. The van der Waals surface area contributed by atoms with Crippen LogP contribution < -0.4 is 5.73 Å². The smallest absolute Gasteiger partial charge is 0.395 e. The van der Waals surface area contributed by atoms with E-state index in [1.807, 2.05) is 0 Å². The summed E-state index contributed by atoms with van der Waals surface area (Å²) in [6, 6.07) is 8.51. The van der Waals surface area contributed by atoms with E-state index in [0.717, 1.165) is 0 Å². The van der Waals surface area contributed by atoms with E-state index in [9.17, 15) is 35.9 Å². The molecule has 1 aliphatic rings. The van der Waals surface area contributed by atoms with Gasteiger partial charge in [-0.05, 0) is 41.5 Å². The predicted octanol–water partition coefficient (Wildman–Crippen LogP) is 3.39. The summed E-state index contributed by atoms with van der Waals surface area (Å²) in [6.45, 7) is -0.695. The number of hydrogen-bond acceptors (Lipinski definition) is 6. The Morgan fingerprint density at radius 3 is 2.48 bits per heavy atom. The number of aliphatic hydroxyl groups excluding tert-OH is 1. The number of sulfone groups is 1. The van der Waals surface area contributed by atoms with Gasteiger partial charge in [-0.15, -0.1) is 0 Å². The zero-order valence-corrected chi connectivity index (χ0v) is 22.6. The van der Waals surface area contributed by atoms with Crippen molar-refractivity contribution in [3.8, 4) is 0 Å². The molecule has 1 saturated heterocycles. The highest BCUT2D eigenvalue weighted by molar-refractivity contribution is 7.91. The first-order valence-corrected chi connectivity index (χ1v) is 14.4. The number of ether oxygens (including phenoxy) is 1. The van der Waals surface area contributed by atoms with Crippen LogP contribution in [-0.2, 0) is 27.7 Å². The summed E-state index contributed by atoms with van der Waals surface area (Å²) in [7, 11) is -3.50. The van der Waals surface area contributed by atoms with Crippen LogP contribution in [0.1, 0.15) is 40.0 Å². The number of carbonyl (C=O) groups excluding carboxylic acids is 1. The van der Waals surface area contributed by atoms with Gasteiger partial charge in [0.05, 0.1) is 37.0 Å². The van der Waals surface area contributed by atoms with Gasteiger partial charge >= 0.3 is 6.18 Å². The van der Waals surface area contributed by atoms with Gasteiger partial charge in [-0.2, -0.15) is 13.2 Å². The summed E-state index contributed by atoms with van der Waals surface area (Å²) < 4.78 is 86.9. The monoisotopic (exact) mass is 585 g/mol. The third kappa shape index (κ3) is 5.87. The topological polar surface area (TPSA) is 115 Å². The van der Waals surface area contributed by atoms with E-state index >= 15 is 0 Å². The van der Waals surface area contributed by atoms with E-state index in [0.29, 0.717) is 27.7 Å². The third-order valence-corrected chi connectivity index (χ3v) is 9.08. The minimum Gasteiger partial charge on any atom is -0.395 e. The standard InChI is InChI=1S/C27H31F4N3O5S/c1-2-40(37,38)19-6-3-17(4-7-19)21(15-35)25-20-13-18(26(32)36)5-8-22(20)34(10-9-28)23(25)14-33-11-12-39-16-24(33)27(29,30)31/h3-8,13,21,24,35H,2,9-12,14-16H2,1H3,(H2,32,36)/t21-,24?/m1/s1. The van der Waals surface area contributed by atoms with E-state index in [1.165, 1.54) is 48.2 Å². The normalized spacial score (nSPS) is 17.8. The fourth-order valence-corrected chi connectivity index (χ4v) is 6.13. The predicted molar refractivity (Wildman–Crippen MR) is 141 cm³/mol. The number of rotatable bonds is 10. The molecular weight excluding hydrogens is 554 g/mol. The molecule has 4 rings (SSSR count). The number of amides is 1. The zero-order valence-electron chi connectivity index (χ0n) is 21.8. The van der Waals surface area contributed by atoms with Crippen LogP contribution in [0.4, 0.5) is 17.6 Å². The molecule has 40 heavy (non-hydrogen) atoms. The van der Waals surface area contributed by atoms with Crippen LogP contribution in [0.5, 0.6) is 0 Å². The summed E-state index contributed by atoms with van der Waals surface area (Å²) in [5.41, 5.74) is 7.36. The second kappa shape index (κ2) is 11.9. The Kier molecular flexibility index (Phi) is 8.88. The summed E-state index contributed by atoms with van der Waals surface area (Å²) in [6.07, 6.45) is -4.58. The molecule has 1 aromatic heterocycles. The lowest BCUT2D eigenvalue weighted by Crippen LogP contribution is -2.53. The molecule has 0 saturated carbocycles. The van der Waals surface area contributed by atoms with Gasteiger partial charge in [0.15, 0.2) is 9.84 Å². The third-order valence-electron chi connectivity index (χ3n) is 7.33. The molecule has 13 heteroatoms. The molecule has 0 bridgehead atoms. The first kappa shape index (κ1) is 30.0. The average molecular weight is 586 g/mol. The van der Waals surface area contributed by atoms with Crippen LogP contribution in [-0.4, -0.2) is 79.9 Å². The van der Waals surface area contributed by atoms with Crippen LogP contribution in [0.2, 0.25) is 0 Å². The van der Waals surface area contributed by atoms with E-state index in [-0.39, 0.29) is 42.5 Å². The van der Waals surface area contributed by atoms with Gasteiger partial charge in [0.2, 0.25) is 5.91 Å². The molecule has 2 atom stereocenters. The molecule has 8 nitrogen and oxygen atoms in total. The molecule has 1 fully saturated rings. The highest BCUT2D eigenvalue weighted by Gasteiger charge is 2.45. The first-order valence-electron chi connectivity index (χ1n) is 12.8. The number of carbonyl (C=O) groups is 1. The number of aromatic nitrogens is 1. The molecule has 3 aromatic rings. The van der Waals surface area contributed by atoms with Gasteiger partial charge in [0.25, 0.3) is 0 Å². The second-order valence-electron chi connectivity index (χ2n) is 9.61. The number of benzene rings is 2. The molecule has 0 aliphatic carbocycles. The molecule has 1 unspecified atom stereocenters. The molecule has 1 aliphatic heterocycles. The SMILES string of the molecule is CCS(=O)(=O)c1ccc([C@@H](CO)c2c(CN3CCOCC3C(F)(F)F)n(CCF)c3ccc(C(N)=O)cc23)cc1. The fraction of sp³-hybridized carbons (Fsp3) is 0.444. The number of fused-ring (bicyclic) bond motifs is 1. The van der Waals surface area contributed by atoms with Crippen molar-refractivity contribution in [2.75, 3.05) is 38.8 Å². The van der Waals surface area contributed by atoms with Crippen LogP contribution in [0.3, 0.4) is 0 Å². The summed E-state index contributed by atoms with van der Waals surface area (Å²) >= 11 is 0. The quantitative estimate of drug-likeness (QED) is 0.353. The number of aryl methyl sites for hydroxylation is 1. The Bertz CT molecular complexity index is 1470. The number of hydrogen-bond donors (Lipinski definition) is 2. The number of primary amides is 1. The lowest BCUT2D eigenvalue weighted by molar-refractivity contribution is -0.213. The van der Waals surface area contributed by atoms with Crippen LogP contribution in [0.25, 0.3) is 10.9 Å². The van der Waals surface area contributed by atoms with Gasteiger partial charge in [-0.3, -0.25) is 9.69 Å². The van der Waals surface area contributed by atoms with Gasteiger partial charge in [-0.25, -0.2) is 12.8 Å². The maximum atomic E-state index is 13.9. The Hall–Kier alpha value is -3.00. The van der Waals surface area contributed by atoms with Crippen LogP contribution in [0.15, 0.2) is 47.4 Å². The van der Waals surface area contributed by atoms with Crippen molar-refractivity contribution < 1.29 is 40.6 Å². The van der Waals surface area contributed by atoms with Crippen LogP contribution in [0, 0.1) is 0 Å². The Morgan fingerprint density at radius 2 is 1.90 bits per heavy atom. The number of nitrogens with zero attached hydrogens (tertiary/aromatic N) is 2. The number of halogens is 4. The van der Waals surface area contributed by atoms with Crippen LogP contribution >= 0.6 is 0 Å². The zero-order chi connectivity index (χ0) is 29.2. The van der Waals surface area contributed by atoms with E-state index in [1.54, 1.807) is 10.6 Å². The van der Waals surface area contributed by atoms with Crippen molar-refractivity contribution in [3.63, 3.8) is 0 Å². The second-order valence-corrected chi connectivity index (χ2v) is 11.9. The molecule has 2 heterocycles. The van der Waals surface area contributed by atoms with E-state index in [4.69, 9.17) is 10.5 Å². The molecule has 0 spiro atoms. The number of nitrogens with two attached hydrogens (primary N) is 1. The first-order chi connectivity index (χ1) is 18.9. The Labute approximate surface area is 229 Å². The Morgan fingerprint density at radius 1 is 1.20 bits per heavy atom. The summed E-state index contributed by atoms with van der Waals surface area (Å²) in [5.74, 6) is -1.66. The van der Waals surface area contributed by atoms with Crippen molar-refractivity contribution in [3.05, 3.63) is 64.8 Å². The minimum atomic E-state index is -4.58. The molecule has 2 aromatic carbocycles. The average Bonchev–Trinajstić information content (AvgIpc) is 3.21. The van der Waals surface area contributed by atoms with Gasteiger partial charge < -0.3 is 20.1 Å². The molecule has 218 valence electrons. The van der Waals surface area contributed by atoms with E-state index < -0.39 is 53.8 Å². The maximum absolute atomic E-state index is 13.9. The maximum Gasteiger partial charge on any atom is 0.406 e. The largest absolute Gasteiger partial charge is 0.406 e. The van der Waals surface area contributed by atoms with Gasteiger partial charge in [0, 0.05) is 41.2 Å². The Balaban J connectivity index is 1.94. The number of aliphatic hydroxyl groups is 1. The van der Waals surface area contributed by atoms with Crippen molar-refractivity contribution >= 4 is 26.6 Å². The number of alkyl halides is 4. The summed E-state index contributed by atoms with van der Waals surface area (Å²) in [4.78, 5) is 13.3. The van der Waals surface area contributed by atoms with Crippen molar-refractivity contribution in [2.45, 2.75) is 43.0 Å². The van der Waals surface area contributed by atoms with E-state index in [2.05, 4.69) is 0 Å². The molecule has 0 radical (unpaired) electrons. The minimum absolute atomic E-state index is 0.0271.